The Labute approximate surface area is 438 Å². The summed E-state index contributed by atoms with van der Waals surface area (Å²) in [6.45, 7) is 15.5. The van der Waals surface area contributed by atoms with Gasteiger partial charge in [0.2, 0.25) is 0 Å². The number of para-hydroxylation sites is 2. The summed E-state index contributed by atoms with van der Waals surface area (Å²) in [7, 11) is 0. The van der Waals surface area contributed by atoms with Crippen molar-refractivity contribution in [2.45, 2.75) is 52.4 Å². The van der Waals surface area contributed by atoms with Crippen LogP contribution in [0.25, 0.3) is 33.1 Å². The van der Waals surface area contributed by atoms with Crippen molar-refractivity contribution in [2.24, 2.45) is 0 Å². The number of rotatable bonds is 6. The molecule has 0 fully saturated rings. The quantitative estimate of drug-likeness (QED) is 0.153. The molecule has 0 saturated heterocycles. The summed E-state index contributed by atoms with van der Waals surface area (Å²) < 4.78 is 31.7. The largest absolute Gasteiger partial charge is 0.486 e. The highest BCUT2D eigenvalue weighted by atomic mass is 16.6. The molecule has 9 aromatic carbocycles. The number of nitrogens with zero attached hydrogens (tertiary/aromatic N) is 3. The maximum atomic E-state index is 6.45. The summed E-state index contributed by atoms with van der Waals surface area (Å²) in [5, 5.41) is 3.34. The molecule has 1 aromatic heterocycles. The topological polar surface area (TPSA) is 59.8 Å². The van der Waals surface area contributed by atoms with Gasteiger partial charge in [-0.05, 0) is 140 Å². The molecule has 368 valence electrons. The zero-order valence-electron chi connectivity index (χ0n) is 43.1. The van der Waals surface area contributed by atoms with Gasteiger partial charge in [-0.15, -0.1) is 0 Å². The van der Waals surface area contributed by atoms with Gasteiger partial charge in [0.25, 0.3) is 6.71 Å². The Morgan fingerprint density at radius 2 is 1.03 bits per heavy atom. The van der Waals surface area contributed by atoms with E-state index in [-0.39, 0.29) is 17.5 Å². The SMILES string of the molecule is CC(C)(C)c1ccc(N2c3ccc(C(C)(C)C)cc3B3c4cc5c(cc4N(c4ccc6c(c4)OCCO6)c4cc(N(c6ccccc6)c6ccc7cc(-c8cc9ccccc9o8)ccc7c6)cc2c43)OCCO5)cc1. The molecule has 4 aliphatic rings. The molecule has 14 rings (SSSR count). The molecule has 5 heterocycles. The summed E-state index contributed by atoms with van der Waals surface area (Å²) in [6, 6.07) is 66.3. The lowest BCUT2D eigenvalue weighted by atomic mass is 9.33. The van der Waals surface area contributed by atoms with Gasteiger partial charge < -0.3 is 38.1 Å². The van der Waals surface area contributed by atoms with Crippen LogP contribution in [0.15, 0.2) is 186 Å². The Hall–Kier alpha value is -8.56. The minimum absolute atomic E-state index is 0.0199. The van der Waals surface area contributed by atoms with Crippen molar-refractivity contribution in [3.63, 3.8) is 0 Å². The van der Waals surface area contributed by atoms with Crippen molar-refractivity contribution in [2.75, 3.05) is 41.1 Å². The molecular weight excluding hydrogens is 926 g/mol. The highest BCUT2D eigenvalue weighted by Gasteiger charge is 2.45. The lowest BCUT2D eigenvalue weighted by Gasteiger charge is -2.45. The second kappa shape index (κ2) is 17.0. The number of furan rings is 1. The van der Waals surface area contributed by atoms with Crippen LogP contribution < -0.4 is 50.0 Å². The first-order valence-electron chi connectivity index (χ1n) is 26.2. The van der Waals surface area contributed by atoms with Crippen LogP contribution in [0.2, 0.25) is 0 Å². The zero-order valence-corrected chi connectivity index (χ0v) is 43.1. The minimum Gasteiger partial charge on any atom is -0.486 e. The van der Waals surface area contributed by atoms with Crippen molar-refractivity contribution in [3.05, 3.63) is 193 Å². The molecule has 0 bridgehead atoms. The Balaban J connectivity index is 1.04. The van der Waals surface area contributed by atoms with Crippen LogP contribution in [-0.2, 0) is 10.8 Å². The number of hydrogen-bond acceptors (Lipinski definition) is 8. The molecular formula is C66H56BN3O5. The van der Waals surface area contributed by atoms with E-state index in [1.807, 2.05) is 24.3 Å². The predicted octanol–water partition coefficient (Wildman–Crippen LogP) is 14.9. The summed E-state index contributed by atoms with van der Waals surface area (Å²) in [4.78, 5) is 7.31. The van der Waals surface area contributed by atoms with Crippen LogP contribution >= 0.6 is 0 Å². The minimum atomic E-state index is -0.169. The van der Waals surface area contributed by atoms with Gasteiger partial charge in [0, 0.05) is 62.9 Å². The zero-order chi connectivity index (χ0) is 50.7. The van der Waals surface area contributed by atoms with E-state index >= 15 is 0 Å². The molecule has 0 saturated carbocycles. The standard InChI is InChI=1S/C66H56BN3O5/c1-65(2,3)45-19-23-48(24-20-45)69-54-26-21-46(66(4,5)6)35-52(54)67-53-39-62-63(74-31-30-73-62)40-55(53)70(50-25-27-59-61(38-50)72-29-28-71-59)57-37-51(36-56(69)64(57)67)68(47-13-8-7-9-14-47)49-22-18-41-32-44(17-16-42(41)33-49)60-34-43-12-10-11-15-58(43)75-60/h7-27,32-40H,28-31H2,1-6H3. The van der Waals surface area contributed by atoms with Crippen molar-refractivity contribution >= 4 is 96.0 Å². The van der Waals surface area contributed by atoms with Gasteiger partial charge in [-0.1, -0.05) is 120 Å². The third-order valence-electron chi connectivity index (χ3n) is 15.4. The average molecular weight is 982 g/mol. The van der Waals surface area contributed by atoms with Crippen LogP contribution in [0.3, 0.4) is 0 Å². The van der Waals surface area contributed by atoms with Crippen molar-refractivity contribution in [1.82, 2.24) is 0 Å². The van der Waals surface area contributed by atoms with Gasteiger partial charge >= 0.3 is 0 Å². The number of benzene rings is 9. The first kappa shape index (κ1) is 45.1. The summed E-state index contributed by atoms with van der Waals surface area (Å²) >= 11 is 0. The van der Waals surface area contributed by atoms with Gasteiger partial charge in [-0.2, -0.15) is 0 Å². The summed E-state index contributed by atoms with van der Waals surface area (Å²) in [6.07, 6.45) is 0. The second-order valence-corrected chi connectivity index (χ2v) is 22.3. The van der Waals surface area contributed by atoms with E-state index in [2.05, 4.69) is 214 Å². The molecule has 75 heavy (non-hydrogen) atoms. The molecule has 0 aliphatic carbocycles. The molecule has 0 unspecified atom stereocenters. The third-order valence-corrected chi connectivity index (χ3v) is 15.4. The monoisotopic (exact) mass is 981 g/mol. The highest BCUT2D eigenvalue weighted by molar-refractivity contribution is 7.00. The van der Waals surface area contributed by atoms with Crippen LogP contribution in [0.4, 0.5) is 51.2 Å². The Morgan fingerprint density at radius 3 is 1.76 bits per heavy atom. The lowest BCUT2D eigenvalue weighted by molar-refractivity contribution is 0.171. The van der Waals surface area contributed by atoms with Crippen LogP contribution in [0, 0.1) is 0 Å². The van der Waals surface area contributed by atoms with E-state index in [9.17, 15) is 0 Å². The Bertz CT molecular complexity index is 3880. The van der Waals surface area contributed by atoms with E-state index < -0.39 is 0 Å². The van der Waals surface area contributed by atoms with Gasteiger partial charge in [0.15, 0.2) is 23.0 Å². The van der Waals surface area contributed by atoms with Crippen molar-refractivity contribution in [1.29, 1.82) is 0 Å². The normalized spacial score (nSPS) is 14.4. The molecule has 0 radical (unpaired) electrons. The second-order valence-electron chi connectivity index (χ2n) is 22.3. The maximum absolute atomic E-state index is 6.45. The number of fused-ring (bicyclic) bond motifs is 8. The van der Waals surface area contributed by atoms with Gasteiger partial charge in [-0.25, -0.2) is 0 Å². The van der Waals surface area contributed by atoms with Gasteiger partial charge in [0.05, 0.1) is 11.4 Å². The molecule has 0 amide bonds. The fraction of sp³-hybridized carbons (Fsp3) is 0.182. The fourth-order valence-electron chi connectivity index (χ4n) is 11.6. The first-order chi connectivity index (χ1) is 36.4. The molecule has 9 heteroatoms. The van der Waals surface area contributed by atoms with E-state index in [1.54, 1.807) is 0 Å². The fourth-order valence-corrected chi connectivity index (χ4v) is 11.6. The Kier molecular flexibility index (Phi) is 10.2. The predicted molar refractivity (Wildman–Crippen MR) is 307 cm³/mol. The molecule has 10 aromatic rings. The van der Waals surface area contributed by atoms with Crippen LogP contribution in [0.5, 0.6) is 23.0 Å². The number of anilines is 9. The third kappa shape index (κ3) is 7.58. The van der Waals surface area contributed by atoms with E-state index in [4.69, 9.17) is 23.4 Å². The Morgan fingerprint density at radius 1 is 0.413 bits per heavy atom. The van der Waals surface area contributed by atoms with Crippen LogP contribution in [-0.4, -0.2) is 33.1 Å². The molecule has 0 spiro atoms. The number of ether oxygens (including phenoxy) is 4. The highest BCUT2D eigenvalue weighted by Crippen LogP contribution is 2.51. The first-order valence-corrected chi connectivity index (χ1v) is 26.2. The van der Waals surface area contributed by atoms with E-state index in [0.717, 1.165) is 113 Å². The summed E-state index contributed by atoms with van der Waals surface area (Å²) in [5.74, 6) is 3.80. The molecule has 8 nitrogen and oxygen atoms in total. The van der Waals surface area contributed by atoms with Gasteiger partial charge in [0.1, 0.15) is 37.8 Å². The van der Waals surface area contributed by atoms with E-state index in [1.165, 1.54) is 22.1 Å². The van der Waals surface area contributed by atoms with Crippen molar-refractivity contribution < 1.29 is 23.4 Å². The van der Waals surface area contributed by atoms with Crippen LogP contribution in [0.1, 0.15) is 52.7 Å². The molecule has 4 aliphatic heterocycles. The van der Waals surface area contributed by atoms with Gasteiger partial charge in [-0.3, -0.25) is 0 Å². The molecule has 0 N–H and O–H groups in total. The summed E-state index contributed by atoms with van der Waals surface area (Å²) in [5.41, 5.74) is 17.3. The molecule has 0 atom stereocenters. The number of hydrogen-bond donors (Lipinski definition) is 0. The lowest BCUT2D eigenvalue weighted by Crippen LogP contribution is -2.61. The average Bonchev–Trinajstić information content (AvgIpc) is 3.98. The van der Waals surface area contributed by atoms with Crippen molar-refractivity contribution in [3.8, 4) is 34.3 Å². The van der Waals surface area contributed by atoms with E-state index in [0.29, 0.717) is 26.4 Å². The maximum Gasteiger partial charge on any atom is 0.252 e. The smallest absolute Gasteiger partial charge is 0.252 e.